The number of aromatic nitrogens is 2. The molecule has 3 N–H and O–H groups in total. The van der Waals surface area contributed by atoms with Gasteiger partial charge in [0.15, 0.2) is 5.82 Å². The number of hydrogen-bond donors (Lipinski definition) is 3. The maximum Gasteiger partial charge on any atom is 0.326 e. The van der Waals surface area contributed by atoms with Crippen LogP contribution in [0.5, 0.6) is 5.75 Å². The van der Waals surface area contributed by atoms with E-state index >= 15 is 0 Å². The lowest BCUT2D eigenvalue weighted by atomic mass is 9.95. The van der Waals surface area contributed by atoms with Crippen LogP contribution in [0.25, 0.3) is 22.5 Å². The van der Waals surface area contributed by atoms with Gasteiger partial charge in [-0.1, -0.05) is 96.7 Å². The molecule has 2 aromatic heterocycles. The van der Waals surface area contributed by atoms with Gasteiger partial charge in [-0.05, 0) is 53.6 Å². The highest BCUT2D eigenvalue weighted by atomic mass is 32.1. The number of amides is 2. The Morgan fingerprint density at radius 2 is 1.45 bits per heavy atom. The summed E-state index contributed by atoms with van der Waals surface area (Å²) in [4.78, 5) is 48.8. The molecule has 9 nitrogen and oxygen atoms in total. The van der Waals surface area contributed by atoms with Gasteiger partial charge >= 0.3 is 5.97 Å². The number of benzene rings is 2. The summed E-state index contributed by atoms with van der Waals surface area (Å²) in [6.07, 6.45) is 9.98. The summed E-state index contributed by atoms with van der Waals surface area (Å²) in [5, 5.41) is 14.9. The second kappa shape index (κ2) is 17.7. The molecule has 0 aliphatic rings. The third-order valence-corrected chi connectivity index (χ3v) is 9.73. The summed E-state index contributed by atoms with van der Waals surface area (Å²) in [6, 6.07) is 17.0. The van der Waals surface area contributed by atoms with Crippen molar-refractivity contribution in [2.24, 2.45) is 0 Å². The van der Waals surface area contributed by atoms with Crippen LogP contribution in [0.1, 0.15) is 93.3 Å². The number of carboxylic acid groups (broad SMARTS) is 1. The van der Waals surface area contributed by atoms with E-state index in [1.54, 1.807) is 25.4 Å². The number of hydrogen-bond acceptors (Lipinski definition) is 7. The van der Waals surface area contributed by atoms with Crippen LogP contribution >= 0.6 is 11.3 Å². The van der Waals surface area contributed by atoms with Crippen molar-refractivity contribution < 1.29 is 24.2 Å². The smallest absolute Gasteiger partial charge is 0.326 e. The van der Waals surface area contributed by atoms with Crippen LogP contribution in [0.2, 0.25) is 0 Å². The Labute approximate surface area is 293 Å². The molecule has 260 valence electrons. The molecule has 0 spiro atoms. The molecule has 49 heavy (non-hydrogen) atoms. The fourth-order valence-corrected chi connectivity index (χ4v) is 6.17. The van der Waals surface area contributed by atoms with Gasteiger partial charge in [-0.15, -0.1) is 11.3 Å². The van der Waals surface area contributed by atoms with Crippen molar-refractivity contribution in [1.29, 1.82) is 0 Å². The van der Waals surface area contributed by atoms with Gasteiger partial charge in [-0.25, -0.2) is 14.8 Å². The molecule has 0 aliphatic carbocycles. The Morgan fingerprint density at radius 1 is 0.796 bits per heavy atom. The molecule has 0 unspecified atom stereocenters. The minimum absolute atomic E-state index is 0.116. The summed E-state index contributed by atoms with van der Waals surface area (Å²) in [7, 11) is 0. The molecule has 10 heteroatoms. The van der Waals surface area contributed by atoms with Crippen LogP contribution in [0.15, 0.2) is 73.1 Å². The number of rotatable bonds is 17. The number of aliphatic carboxylic acids is 1. The molecule has 2 aromatic carbocycles. The van der Waals surface area contributed by atoms with Crippen LogP contribution in [0, 0.1) is 0 Å². The van der Waals surface area contributed by atoms with Gasteiger partial charge in [0, 0.05) is 34.8 Å². The quantitative estimate of drug-likeness (QED) is 0.0966. The van der Waals surface area contributed by atoms with E-state index in [0.717, 1.165) is 45.9 Å². The summed E-state index contributed by atoms with van der Waals surface area (Å²) in [5.74, 6) is -0.654. The lowest BCUT2D eigenvalue weighted by molar-refractivity contribution is -0.142. The molecule has 4 rings (SSSR count). The second-order valence-electron chi connectivity index (χ2n) is 13.2. The maximum absolute atomic E-state index is 13.3. The fraction of sp³-hybridized carbons (Fsp3) is 0.410. The van der Waals surface area contributed by atoms with Gasteiger partial charge in [0.1, 0.15) is 17.8 Å². The van der Waals surface area contributed by atoms with Gasteiger partial charge in [-0.3, -0.25) is 9.59 Å². The molecule has 0 fully saturated rings. The highest BCUT2D eigenvalue weighted by molar-refractivity contribution is 7.14. The molecule has 0 bridgehead atoms. The predicted octanol–water partition coefficient (Wildman–Crippen LogP) is 7.84. The molecule has 2 atom stereocenters. The van der Waals surface area contributed by atoms with E-state index in [0.29, 0.717) is 10.7 Å². The Kier molecular flexibility index (Phi) is 13.5. The predicted molar refractivity (Wildman–Crippen MR) is 195 cm³/mol. The first-order valence-electron chi connectivity index (χ1n) is 17.1. The summed E-state index contributed by atoms with van der Waals surface area (Å²) in [6.45, 7) is 10.8. The van der Waals surface area contributed by atoms with Crippen LogP contribution in [-0.2, 0) is 21.4 Å². The highest BCUT2D eigenvalue weighted by Gasteiger charge is 2.27. The normalized spacial score (nSPS) is 12.6. The fourth-order valence-electron chi connectivity index (χ4n) is 5.20. The maximum atomic E-state index is 13.3. The molecule has 0 aliphatic heterocycles. The Hall–Kier alpha value is -4.57. The minimum Gasteiger partial charge on any atom is -0.494 e. The van der Waals surface area contributed by atoms with Gasteiger partial charge in [-0.2, -0.15) is 0 Å². The number of unbranched alkanes of at least 4 members (excludes halogenated alkanes) is 4. The van der Waals surface area contributed by atoms with Crippen molar-refractivity contribution in [3.63, 3.8) is 0 Å². The van der Waals surface area contributed by atoms with Crippen LogP contribution < -0.4 is 15.4 Å². The standard InChI is InChI=1S/C39H48N4O5S/c1-6-8-9-10-11-22-48-30-18-16-27(17-19-30)29-24-40-35(41-25-29)28-14-12-26(13-15-28)23-32(36(44)42-31(7-2)38(46)47)43-37(45)33-20-21-34(49-33)39(3,4)5/h12-21,24-25,31-32H,6-11,22-23H2,1-5H3,(H,42,44)(H,43,45)(H,46,47)/t31-,32+/m1/s1. The zero-order valence-corrected chi connectivity index (χ0v) is 29.9. The summed E-state index contributed by atoms with van der Waals surface area (Å²) >= 11 is 1.38. The molecule has 0 radical (unpaired) electrons. The minimum atomic E-state index is -1.13. The molecule has 4 aromatic rings. The van der Waals surface area contributed by atoms with Gasteiger partial charge in [0.05, 0.1) is 11.5 Å². The van der Waals surface area contributed by atoms with E-state index < -0.39 is 24.0 Å². The average molecular weight is 685 g/mol. The largest absolute Gasteiger partial charge is 0.494 e. The lowest BCUT2D eigenvalue weighted by Crippen LogP contribution is -2.52. The molecule has 0 saturated carbocycles. The third kappa shape index (κ3) is 11.0. The van der Waals surface area contributed by atoms with Crippen LogP contribution in [0.4, 0.5) is 0 Å². The van der Waals surface area contributed by atoms with Crippen molar-refractivity contribution in [2.75, 3.05) is 6.61 Å². The number of nitrogens with zero attached hydrogens (tertiary/aromatic N) is 2. The lowest BCUT2D eigenvalue weighted by Gasteiger charge is -2.21. The van der Waals surface area contributed by atoms with Crippen molar-refractivity contribution in [3.8, 4) is 28.3 Å². The molecular weight excluding hydrogens is 637 g/mol. The summed E-state index contributed by atoms with van der Waals surface area (Å²) < 4.78 is 5.89. The van der Waals surface area contributed by atoms with Crippen molar-refractivity contribution in [2.45, 2.75) is 97.1 Å². The molecule has 2 heterocycles. The van der Waals surface area contributed by atoms with Crippen molar-refractivity contribution in [3.05, 3.63) is 88.4 Å². The van der Waals surface area contributed by atoms with E-state index in [4.69, 9.17) is 4.74 Å². The van der Waals surface area contributed by atoms with Crippen molar-refractivity contribution in [1.82, 2.24) is 20.6 Å². The first kappa shape index (κ1) is 37.3. The van der Waals surface area contributed by atoms with Gasteiger partial charge in [0.25, 0.3) is 5.91 Å². The zero-order chi connectivity index (χ0) is 35.4. The number of ether oxygens (including phenoxy) is 1. The van der Waals surface area contributed by atoms with Gasteiger partial charge < -0.3 is 20.5 Å². The van der Waals surface area contributed by atoms with E-state index in [2.05, 4.69) is 48.3 Å². The second-order valence-corrected chi connectivity index (χ2v) is 14.3. The number of nitrogens with one attached hydrogen (secondary N) is 2. The Balaban J connectivity index is 1.41. The Bertz CT molecular complexity index is 1660. The highest BCUT2D eigenvalue weighted by Crippen LogP contribution is 2.29. The molecular formula is C39H48N4O5S. The van der Waals surface area contributed by atoms with Crippen LogP contribution in [0.3, 0.4) is 0 Å². The number of thiophene rings is 1. The molecule has 0 saturated heterocycles. The van der Waals surface area contributed by atoms with E-state index in [-0.39, 0.29) is 24.2 Å². The van der Waals surface area contributed by atoms with Crippen LogP contribution in [-0.4, -0.2) is 51.5 Å². The van der Waals surface area contributed by atoms with Gasteiger partial charge in [0.2, 0.25) is 5.91 Å². The monoisotopic (exact) mass is 684 g/mol. The van der Waals surface area contributed by atoms with E-state index in [1.807, 2.05) is 54.6 Å². The molecule has 2 amide bonds. The topological polar surface area (TPSA) is 131 Å². The number of carbonyl (C=O) groups is 3. The number of carboxylic acids is 1. The van der Waals surface area contributed by atoms with E-state index in [9.17, 15) is 19.5 Å². The van der Waals surface area contributed by atoms with E-state index in [1.165, 1.54) is 37.0 Å². The van der Waals surface area contributed by atoms with Crippen molar-refractivity contribution >= 4 is 29.1 Å². The first-order chi connectivity index (χ1) is 23.5. The zero-order valence-electron chi connectivity index (χ0n) is 29.1. The third-order valence-electron chi connectivity index (χ3n) is 8.22. The first-order valence-corrected chi connectivity index (χ1v) is 17.9. The average Bonchev–Trinajstić information content (AvgIpc) is 3.61. The summed E-state index contributed by atoms with van der Waals surface area (Å²) in [5.41, 5.74) is 3.36. The Morgan fingerprint density at radius 3 is 2.04 bits per heavy atom. The number of carbonyl (C=O) groups excluding carboxylic acids is 2. The SMILES string of the molecule is CCCCCCCOc1ccc(-c2cnc(-c3ccc(C[C@H](NC(=O)c4ccc(C(C)(C)C)s4)C(=O)N[C@H](CC)C(=O)O)cc3)nc2)cc1.